The minimum absolute atomic E-state index is 0.0188. The molecular weight excluding hydrogens is 360 g/mol. The summed E-state index contributed by atoms with van der Waals surface area (Å²) in [4.78, 5) is 12.9. The predicted molar refractivity (Wildman–Crippen MR) is 105 cm³/mol. The molecular formula is C21H30N2O3S. The lowest BCUT2D eigenvalue weighted by molar-refractivity contribution is 0.0915. The minimum atomic E-state index is -3.58. The summed E-state index contributed by atoms with van der Waals surface area (Å²) < 4.78 is 28.1. The zero-order valence-electron chi connectivity index (χ0n) is 16.0. The number of sulfonamides is 1. The first-order valence-electron chi connectivity index (χ1n) is 10.4. The van der Waals surface area contributed by atoms with Crippen LogP contribution in [0, 0.1) is 17.8 Å². The molecule has 6 heteroatoms. The van der Waals surface area contributed by atoms with Gasteiger partial charge in [-0.25, -0.2) is 13.1 Å². The zero-order chi connectivity index (χ0) is 19.0. The van der Waals surface area contributed by atoms with E-state index < -0.39 is 10.0 Å². The highest BCUT2D eigenvalue weighted by atomic mass is 32.2. The normalized spacial score (nSPS) is 29.1. The Labute approximate surface area is 162 Å². The van der Waals surface area contributed by atoms with E-state index in [9.17, 15) is 13.2 Å². The number of nitrogens with one attached hydrogen (secondary N) is 2. The molecule has 3 fully saturated rings. The van der Waals surface area contributed by atoms with Crippen LogP contribution in [0.1, 0.15) is 68.6 Å². The topological polar surface area (TPSA) is 75.3 Å². The molecule has 1 aromatic carbocycles. The van der Waals surface area contributed by atoms with E-state index in [4.69, 9.17) is 0 Å². The average Bonchev–Trinajstić information content (AvgIpc) is 3.39. The summed E-state index contributed by atoms with van der Waals surface area (Å²) in [6.07, 6.45) is 9.07. The van der Waals surface area contributed by atoms with Gasteiger partial charge >= 0.3 is 0 Å². The number of benzene rings is 1. The smallest absolute Gasteiger partial charge is 0.251 e. The maximum Gasteiger partial charge on any atom is 0.251 e. The van der Waals surface area contributed by atoms with Crippen LogP contribution in [0.3, 0.4) is 0 Å². The molecule has 27 heavy (non-hydrogen) atoms. The van der Waals surface area contributed by atoms with Gasteiger partial charge in [0, 0.05) is 17.6 Å². The SMILES string of the molecule is CC(NC(=O)c1cccc(S(=O)(=O)NC2CCCC2)c1)C1CC2CCC1C2. The van der Waals surface area contributed by atoms with Gasteiger partial charge in [0.05, 0.1) is 4.90 Å². The lowest BCUT2D eigenvalue weighted by Gasteiger charge is -2.28. The quantitative estimate of drug-likeness (QED) is 0.781. The molecule has 148 valence electrons. The third-order valence-electron chi connectivity index (χ3n) is 6.88. The molecule has 4 unspecified atom stereocenters. The van der Waals surface area contributed by atoms with Crippen molar-refractivity contribution >= 4 is 15.9 Å². The number of hydrogen-bond acceptors (Lipinski definition) is 3. The lowest BCUT2D eigenvalue weighted by atomic mass is 9.84. The molecule has 0 heterocycles. The fourth-order valence-corrected chi connectivity index (χ4v) is 6.79. The molecule has 2 N–H and O–H groups in total. The van der Waals surface area contributed by atoms with Gasteiger partial charge in [-0.2, -0.15) is 0 Å². The van der Waals surface area contributed by atoms with E-state index in [1.807, 2.05) is 0 Å². The average molecular weight is 391 g/mol. The number of carbonyl (C=O) groups excluding carboxylic acids is 1. The van der Waals surface area contributed by atoms with Gasteiger partial charge in [0.2, 0.25) is 10.0 Å². The second kappa shape index (κ2) is 7.55. The highest BCUT2D eigenvalue weighted by molar-refractivity contribution is 7.89. The van der Waals surface area contributed by atoms with Crippen LogP contribution >= 0.6 is 0 Å². The second-order valence-electron chi connectivity index (χ2n) is 8.73. The molecule has 4 rings (SSSR count). The molecule has 3 aliphatic carbocycles. The van der Waals surface area contributed by atoms with Gasteiger partial charge < -0.3 is 5.32 Å². The Morgan fingerprint density at radius 2 is 1.89 bits per heavy atom. The van der Waals surface area contributed by atoms with E-state index in [-0.39, 0.29) is 22.9 Å². The van der Waals surface area contributed by atoms with Crippen LogP contribution in [0.25, 0.3) is 0 Å². The standard InChI is InChI=1S/C21H30N2O3S/c1-14(20-12-15-9-10-16(20)11-15)22-21(24)17-5-4-8-19(13-17)27(25,26)23-18-6-2-3-7-18/h4-5,8,13-16,18,20,23H,2-3,6-7,9-12H2,1H3,(H,22,24). The van der Waals surface area contributed by atoms with E-state index in [2.05, 4.69) is 17.0 Å². The summed E-state index contributed by atoms with van der Waals surface area (Å²) in [6.45, 7) is 2.09. The van der Waals surface area contributed by atoms with Crippen molar-refractivity contribution in [2.45, 2.75) is 75.3 Å². The number of rotatable bonds is 6. The van der Waals surface area contributed by atoms with Gasteiger partial charge in [-0.1, -0.05) is 25.3 Å². The van der Waals surface area contributed by atoms with E-state index in [1.165, 1.54) is 31.7 Å². The molecule has 1 amide bonds. The van der Waals surface area contributed by atoms with Crippen molar-refractivity contribution in [2.24, 2.45) is 17.8 Å². The Bertz CT molecular complexity index is 801. The third kappa shape index (κ3) is 4.06. The Balaban J connectivity index is 1.42. The van der Waals surface area contributed by atoms with Crippen LogP contribution in [-0.4, -0.2) is 26.4 Å². The van der Waals surface area contributed by atoms with E-state index in [1.54, 1.807) is 18.2 Å². The summed E-state index contributed by atoms with van der Waals surface area (Å²) in [7, 11) is -3.58. The summed E-state index contributed by atoms with van der Waals surface area (Å²) in [5, 5.41) is 3.12. The van der Waals surface area contributed by atoms with Crippen LogP contribution in [0.4, 0.5) is 0 Å². The first-order chi connectivity index (χ1) is 12.9. The monoisotopic (exact) mass is 390 g/mol. The maximum absolute atomic E-state index is 12.7. The molecule has 3 saturated carbocycles. The summed E-state index contributed by atoms with van der Waals surface area (Å²) in [6, 6.07) is 6.56. The van der Waals surface area contributed by atoms with Gasteiger partial charge in [0.25, 0.3) is 5.91 Å². The van der Waals surface area contributed by atoms with Gasteiger partial charge in [-0.15, -0.1) is 0 Å². The van der Waals surface area contributed by atoms with E-state index in [0.717, 1.165) is 37.5 Å². The number of fused-ring (bicyclic) bond motifs is 2. The molecule has 1 aromatic rings. The first kappa shape index (κ1) is 18.9. The van der Waals surface area contributed by atoms with Crippen molar-refractivity contribution in [2.75, 3.05) is 0 Å². The minimum Gasteiger partial charge on any atom is -0.349 e. The van der Waals surface area contributed by atoms with Crippen molar-refractivity contribution in [1.82, 2.24) is 10.0 Å². The van der Waals surface area contributed by atoms with Gasteiger partial charge in [-0.05, 0) is 75.0 Å². The number of amides is 1. The highest BCUT2D eigenvalue weighted by Crippen LogP contribution is 2.49. The fraction of sp³-hybridized carbons (Fsp3) is 0.667. The van der Waals surface area contributed by atoms with Gasteiger partial charge in [-0.3, -0.25) is 4.79 Å². The zero-order valence-corrected chi connectivity index (χ0v) is 16.8. The first-order valence-corrected chi connectivity index (χ1v) is 11.8. The van der Waals surface area contributed by atoms with Crippen LogP contribution in [-0.2, 0) is 10.0 Å². The van der Waals surface area contributed by atoms with E-state index in [0.29, 0.717) is 11.5 Å². The fourth-order valence-electron chi connectivity index (χ4n) is 5.44. The lowest BCUT2D eigenvalue weighted by Crippen LogP contribution is -2.40. The van der Waals surface area contributed by atoms with Crippen molar-refractivity contribution in [3.05, 3.63) is 29.8 Å². The van der Waals surface area contributed by atoms with Crippen molar-refractivity contribution in [3.8, 4) is 0 Å². The number of carbonyl (C=O) groups is 1. The van der Waals surface area contributed by atoms with Crippen molar-refractivity contribution < 1.29 is 13.2 Å². The largest absolute Gasteiger partial charge is 0.349 e. The summed E-state index contributed by atoms with van der Waals surface area (Å²) >= 11 is 0. The summed E-state index contributed by atoms with van der Waals surface area (Å²) in [5.74, 6) is 1.97. The van der Waals surface area contributed by atoms with Crippen LogP contribution in [0.15, 0.2) is 29.2 Å². The van der Waals surface area contributed by atoms with Crippen LogP contribution in [0.5, 0.6) is 0 Å². The molecule has 4 atom stereocenters. The molecule has 0 aromatic heterocycles. The Hall–Kier alpha value is -1.40. The van der Waals surface area contributed by atoms with Gasteiger partial charge in [0.1, 0.15) is 0 Å². The van der Waals surface area contributed by atoms with Crippen LogP contribution in [0.2, 0.25) is 0 Å². The molecule has 2 bridgehead atoms. The predicted octanol–water partition coefficient (Wildman–Crippen LogP) is 3.46. The molecule has 3 aliphatic rings. The molecule has 0 saturated heterocycles. The van der Waals surface area contributed by atoms with E-state index >= 15 is 0 Å². The Kier molecular flexibility index (Phi) is 5.30. The second-order valence-corrected chi connectivity index (χ2v) is 10.4. The molecule has 0 aliphatic heterocycles. The molecule has 0 radical (unpaired) electrons. The Morgan fingerprint density at radius 1 is 1.11 bits per heavy atom. The number of hydrogen-bond donors (Lipinski definition) is 2. The molecule has 5 nitrogen and oxygen atoms in total. The maximum atomic E-state index is 12.7. The third-order valence-corrected chi connectivity index (χ3v) is 8.40. The van der Waals surface area contributed by atoms with Crippen molar-refractivity contribution in [1.29, 1.82) is 0 Å². The van der Waals surface area contributed by atoms with Crippen molar-refractivity contribution in [3.63, 3.8) is 0 Å². The molecule has 0 spiro atoms. The Morgan fingerprint density at radius 3 is 2.56 bits per heavy atom. The summed E-state index contributed by atoms with van der Waals surface area (Å²) in [5.41, 5.74) is 0.416. The highest BCUT2D eigenvalue weighted by Gasteiger charge is 2.42. The van der Waals surface area contributed by atoms with Crippen LogP contribution < -0.4 is 10.0 Å². The van der Waals surface area contributed by atoms with Gasteiger partial charge in [0.15, 0.2) is 0 Å².